The summed E-state index contributed by atoms with van der Waals surface area (Å²) in [6, 6.07) is 29.3. The Morgan fingerprint density at radius 1 is 0.385 bits per heavy atom. The minimum Gasteiger partial charge on any atom is -0.504 e. The van der Waals surface area contributed by atoms with Crippen LogP contribution in [0.25, 0.3) is 0 Å². The van der Waals surface area contributed by atoms with E-state index in [4.69, 9.17) is 23.2 Å². The number of fused-ring (bicyclic) bond motifs is 2. The molecule has 0 heterocycles. The summed E-state index contributed by atoms with van der Waals surface area (Å²) in [6.07, 6.45) is 6.83. The molecule has 4 aliphatic carbocycles. The van der Waals surface area contributed by atoms with Crippen LogP contribution < -0.4 is 0 Å². The molecular formula is C44H38Cl2O6. The van der Waals surface area contributed by atoms with Crippen molar-refractivity contribution in [2.24, 2.45) is 11.8 Å². The molecular weight excluding hydrogens is 695 g/mol. The van der Waals surface area contributed by atoms with Crippen molar-refractivity contribution in [3.8, 4) is 0 Å². The summed E-state index contributed by atoms with van der Waals surface area (Å²) < 4.78 is 0. The van der Waals surface area contributed by atoms with E-state index < -0.39 is 11.6 Å². The van der Waals surface area contributed by atoms with E-state index in [1.165, 1.54) is 11.1 Å². The molecule has 0 radical (unpaired) electrons. The minimum absolute atomic E-state index is 0.0663. The monoisotopic (exact) mass is 732 g/mol. The molecule has 0 spiro atoms. The number of allylic oxidation sites excluding steroid dienone is 4. The molecule has 52 heavy (non-hydrogen) atoms. The van der Waals surface area contributed by atoms with Gasteiger partial charge in [0.1, 0.15) is 0 Å². The zero-order valence-corrected chi connectivity index (χ0v) is 30.0. The molecule has 8 rings (SSSR count). The van der Waals surface area contributed by atoms with E-state index in [0.29, 0.717) is 45.2 Å². The first-order valence-electron chi connectivity index (χ1n) is 17.9. The summed E-state index contributed by atoms with van der Waals surface area (Å²) in [5.74, 6) is -1.27. The van der Waals surface area contributed by atoms with E-state index in [9.17, 15) is 29.4 Å². The van der Waals surface area contributed by atoms with Gasteiger partial charge in [0.05, 0.1) is 0 Å². The molecule has 0 atom stereocenters. The van der Waals surface area contributed by atoms with Crippen molar-refractivity contribution in [1.29, 1.82) is 0 Å². The average Bonchev–Trinajstić information content (AvgIpc) is 3.18. The third-order valence-electron chi connectivity index (χ3n) is 11.2. The van der Waals surface area contributed by atoms with Crippen molar-refractivity contribution >= 4 is 46.3 Å². The van der Waals surface area contributed by atoms with E-state index >= 15 is 0 Å². The third kappa shape index (κ3) is 6.90. The summed E-state index contributed by atoms with van der Waals surface area (Å²) in [5, 5.41) is 22.3. The molecule has 6 nitrogen and oxygen atoms in total. The van der Waals surface area contributed by atoms with Gasteiger partial charge in [-0.15, -0.1) is 0 Å². The number of benzene rings is 4. The Bertz CT molecular complexity index is 1960. The largest absolute Gasteiger partial charge is 0.504 e. The zero-order valence-electron chi connectivity index (χ0n) is 28.5. The van der Waals surface area contributed by atoms with E-state index in [1.807, 2.05) is 24.3 Å². The number of aliphatic hydroxyl groups is 2. The number of carbonyl (C=O) groups is 4. The standard InChI is InChI=1S/2C22H19ClO3/c2*23-16-11-9-14(10-12-16)13-5-7-15(8-6-13)19-20(24)17-3-1-2-4-18(17)21(25)22(19)26/h2*1-4,9-13,15,26H,5-8H2/t2*13-,15-. The molecule has 0 unspecified atom stereocenters. The molecule has 0 aliphatic heterocycles. The summed E-state index contributed by atoms with van der Waals surface area (Å²) in [6.45, 7) is 0. The average molecular weight is 734 g/mol. The predicted molar refractivity (Wildman–Crippen MR) is 202 cm³/mol. The van der Waals surface area contributed by atoms with Crippen molar-refractivity contribution in [1.82, 2.24) is 0 Å². The van der Waals surface area contributed by atoms with Gasteiger partial charge < -0.3 is 10.2 Å². The van der Waals surface area contributed by atoms with Crippen LogP contribution in [0, 0.1) is 11.8 Å². The van der Waals surface area contributed by atoms with Gasteiger partial charge in [-0.25, -0.2) is 0 Å². The number of halogens is 2. The number of carbonyl (C=O) groups excluding carboxylic acids is 4. The lowest BCUT2D eigenvalue weighted by atomic mass is 9.72. The highest BCUT2D eigenvalue weighted by Gasteiger charge is 2.39. The van der Waals surface area contributed by atoms with Crippen molar-refractivity contribution in [3.05, 3.63) is 163 Å². The first-order chi connectivity index (χ1) is 25.1. The zero-order chi connectivity index (χ0) is 36.5. The van der Waals surface area contributed by atoms with Gasteiger partial charge in [0.2, 0.25) is 11.6 Å². The first kappa shape index (κ1) is 35.6. The molecule has 8 heteroatoms. The highest BCUT2D eigenvalue weighted by atomic mass is 35.5. The van der Waals surface area contributed by atoms with E-state index in [1.54, 1.807) is 48.5 Å². The molecule has 4 aliphatic rings. The second-order valence-corrected chi connectivity index (χ2v) is 15.0. The SMILES string of the molecule is O=C1C(O)=C([C@H]2CC[C@H](c3ccc(Cl)cc3)CC2)C(=O)c2ccccc21.O=C1C(O)=C([C@H]2CC[C@H](c3ccc(Cl)cc3)CC2)C(=O)c2ccccc21. The molecule has 4 aromatic rings. The van der Waals surface area contributed by atoms with Crippen molar-refractivity contribution < 1.29 is 29.4 Å². The fraction of sp³-hybridized carbons (Fsp3) is 0.273. The third-order valence-corrected chi connectivity index (χ3v) is 11.7. The number of aliphatic hydroxyl groups excluding tert-OH is 2. The van der Waals surface area contributed by atoms with Crippen LogP contribution in [0.15, 0.2) is 120 Å². The van der Waals surface area contributed by atoms with Gasteiger partial charge in [0.15, 0.2) is 23.1 Å². The van der Waals surface area contributed by atoms with Gasteiger partial charge in [-0.1, -0.05) is 96.0 Å². The molecule has 0 bridgehead atoms. The van der Waals surface area contributed by atoms with Crippen LogP contribution in [0.1, 0.15) is 116 Å². The molecule has 2 fully saturated rings. The number of ketones is 4. The number of rotatable bonds is 4. The normalized spacial score (nSPS) is 23.1. The molecule has 2 saturated carbocycles. The number of hydrogen-bond acceptors (Lipinski definition) is 6. The second kappa shape index (κ2) is 15.1. The highest BCUT2D eigenvalue weighted by molar-refractivity contribution is 6.31. The van der Waals surface area contributed by atoms with Gasteiger partial charge in [0.25, 0.3) is 0 Å². The van der Waals surface area contributed by atoms with E-state index in [2.05, 4.69) is 24.3 Å². The lowest BCUT2D eigenvalue weighted by molar-refractivity contribution is 0.0914. The Balaban J connectivity index is 0.000000162. The first-order valence-corrected chi connectivity index (χ1v) is 18.6. The maximum atomic E-state index is 12.9. The smallest absolute Gasteiger partial charge is 0.228 e. The van der Waals surface area contributed by atoms with Gasteiger partial charge in [-0.05, 0) is 110 Å². The summed E-state index contributed by atoms with van der Waals surface area (Å²) in [5.41, 5.74) is 4.54. The molecule has 2 N–H and O–H groups in total. The Morgan fingerprint density at radius 3 is 0.962 bits per heavy atom. The van der Waals surface area contributed by atoms with Crippen molar-refractivity contribution in [2.45, 2.75) is 63.2 Å². The quantitative estimate of drug-likeness (QED) is 0.216. The van der Waals surface area contributed by atoms with Crippen molar-refractivity contribution in [3.63, 3.8) is 0 Å². The van der Waals surface area contributed by atoms with Crippen LogP contribution in [-0.4, -0.2) is 33.3 Å². The van der Waals surface area contributed by atoms with Crippen LogP contribution in [0.3, 0.4) is 0 Å². The Labute approximate surface area is 312 Å². The summed E-state index contributed by atoms with van der Waals surface area (Å²) >= 11 is 11.9. The Kier molecular flexibility index (Phi) is 10.3. The van der Waals surface area contributed by atoms with Crippen LogP contribution in [0.2, 0.25) is 10.0 Å². The number of hydrogen-bond donors (Lipinski definition) is 2. The van der Waals surface area contributed by atoms with Crippen molar-refractivity contribution in [2.75, 3.05) is 0 Å². The van der Waals surface area contributed by atoms with Crippen LogP contribution in [0.4, 0.5) is 0 Å². The Hall–Kier alpha value is -4.78. The maximum absolute atomic E-state index is 12.9. The van der Waals surface area contributed by atoms with Gasteiger partial charge in [-0.3, -0.25) is 19.2 Å². The molecule has 4 aromatic carbocycles. The Morgan fingerprint density at radius 2 is 0.654 bits per heavy atom. The van der Waals surface area contributed by atoms with Gasteiger partial charge >= 0.3 is 0 Å². The van der Waals surface area contributed by atoms with Crippen LogP contribution in [0.5, 0.6) is 0 Å². The molecule has 0 aromatic heterocycles. The fourth-order valence-corrected chi connectivity index (χ4v) is 8.67. The molecule has 0 saturated heterocycles. The maximum Gasteiger partial charge on any atom is 0.228 e. The summed E-state index contributed by atoms with van der Waals surface area (Å²) in [4.78, 5) is 50.7. The summed E-state index contributed by atoms with van der Waals surface area (Å²) in [7, 11) is 0. The highest BCUT2D eigenvalue weighted by Crippen LogP contribution is 2.43. The van der Waals surface area contributed by atoms with Gasteiger partial charge in [-0.2, -0.15) is 0 Å². The van der Waals surface area contributed by atoms with Gasteiger partial charge in [0, 0.05) is 43.4 Å². The topological polar surface area (TPSA) is 109 Å². The van der Waals surface area contributed by atoms with E-state index in [-0.39, 0.29) is 34.9 Å². The lowest BCUT2D eigenvalue weighted by Crippen LogP contribution is -2.28. The second-order valence-electron chi connectivity index (χ2n) is 14.1. The van der Waals surface area contributed by atoms with E-state index in [0.717, 1.165) is 61.4 Å². The minimum atomic E-state index is -0.435. The van der Waals surface area contributed by atoms with Crippen LogP contribution >= 0.6 is 23.2 Å². The fourth-order valence-electron chi connectivity index (χ4n) is 8.42. The van der Waals surface area contributed by atoms with Crippen LogP contribution in [-0.2, 0) is 0 Å². The molecule has 264 valence electrons. The molecule has 0 amide bonds. The number of Topliss-reactive ketones (excluding diaryl/α,β-unsaturated/α-hetero) is 4. The predicted octanol–water partition coefficient (Wildman–Crippen LogP) is 11.0. The lowest BCUT2D eigenvalue weighted by Gasteiger charge is -2.31.